The zero-order valence-electron chi connectivity index (χ0n) is 15.2. The molecule has 0 saturated heterocycles. The average molecular weight is 384 g/mol. The van der Waals surface area contributed by atoms with Gasteiger partial charge >= 0.3 is 0 Å². The molecule has 0 atom stereocenters. The fourth-order valence-corrected chi connectivity index (χ4v) is 3.49. The van der Waals surface area contributed by atoms with Gasteiger partial charge < -0.3 is 9.84 Å². The number of halogens is 1. The average Bonchev–Trinajstić information content (AvgIpc) is 3.26. The lowest BCUT2D eigenvalue weighted by Crippen LogP contribution is -2.43. The minimum atomic E-state index is -0.164. The van der Waals surface area contributed by atoms with Crippen LogP contribution >= 0.6 is 12.4 Å². The van der Waals surface area contributed by atoms with E-state index in [1.54, 1.807) is 13.2 Å². The Morgan fingerprint density at radius 2 is 2.00 bits per heavy atom. The lowest BCUT2D eigenvalue weighted by atomic mass is 10.2. The molecule has 0 spiro atoms. The fraction of sp³-hybridized carbons (Fsp3) is 0.238. The molecule has 0 amide bonds. The van der Waals surface area contributed by atoms with E-state index in [-0.39, 0.29) is 24.8 Å². The first kappa shape index (κ1) is 19.0. The molecular weight excluding hydrogens is 362 g/mol. The highest BCUT2D eigenvalue weighted by Crippen LogP contribution is 2.24. The molecule has 0 unspecified atom stereocenters. The number of nitrogens with zero attached hydrogens (tertiary/aromatic N) is 3. The Labute approximate surface area is 165 Å². The Morgan fingerprint density at radius 1 is 1.19 bits per heavy atom. The van der Waals surface area contributed by atoms with Crippen molar-refractivity contribution in [3.05, 3.63) is 66.6 Å². The van der Waals surface area contributed by atoms with E-state index in [4.69, 9.17) is 4.74 Å². The third-order valence-corrected chi connectivity index (χ3v) is 4.68. The summed E-state index contributed by atoms with van der Waals surface area (Å²) in [5.74, 6) is 1.73. The van der Waals surface area contributed by atoms with Gasteiger partial charge in [-0.15, -0.1) is 12.4 Å². The third kappa shape index (κ3) is 3.98. The van der Waals surface area contributed by atoms with Gasteiger partial charge in [-0.05, 0) is 18.6 Å². The van der Waals surface area contributed by atoms with Gasteiger partial charge in [-0.2, -0.15) is 0 Å². The van der Waals surface area contributed by atoms with E-state index in [0.717, 1.165) is 25.1 Å². The van der Waals surface area contributed by atoms with Gasteiger partial charge in [0.25, 0.3) is 5.82 Å². The smallest absolute Gasteiger partial charge is 0.257 e. The number of hydrogen-bond acceptors (Lipinski definition) is 3. The van der Waals surface area contributed by atoms with Gasteiger partial charge in [0.05, 0.1) is 25.8 Å². The Balaban J connectivity index is 0.00000210. The predicted octanol–water partition coefficient (Wildman–Crippen LogP) is 2.91. The van der Waals surface area contributed by atoms with Gasteiger partial charge in [-0.25, -0.2) is 9.13 Å². The molecule has 0 fully saturated rings. The van der Waals surface area contributed by atoms with Crippen LogP contribution < -0.4 is 14.4 Å². The Morgan fingerprint density at radius 3 is 2.78 bits per heavy atom. The van der Waals surface area contributed by atoms with E-state index in [0.29, 0.717) is 11.4 Å². The number of fused-ring (bicyclic) bond motifs is 1. The first-order valence-electron chi connectivity index (χ1n) is 8.80. The van der Waals surface area contributed by atoms with E-state index in [1.165, 1.54) is 11.4 Å². The van der Waals surface area contributed by atoms with E-state index < -0.39 is 0 Å². The van der Waals surface area contributed by atoms with Crippen LogP contribution in [0.1, 0.15) is 12.2 Å². The molecule has 140 valence electrons. The van der Waals surface area contributed by atoms with Crippen LogP contribution in [0.3, 0.4) is 0 Å². The molecule has 4 rings (SSSR count). The van der Waals surface area contributed by atoms with Gasteiger partial charge in [0, 0.05) is 17.5 Å². The highest BCUT2D eigenvalue weighted by molar-refractivity contribution is 5.85. The van der Waals surface area contributed by atoms with Crippen LogP contribution in [0.4, 0.5) is 5.69 Å². The first-order valence-corrected chi connectivity index (χ1v) is 8.80. The molecule has 0 N–H and O–H groups in total. The highest BCUT2D eigenvalue weighted by Gasteiger charge is 2.28. The number of benzene rings is 2. The van der Waals surface area contributed by atoms with Crippen molar-refractivity contribution in [3.8, 4) is 17.0 Å². The second kappa shape index (κ2) is 8.27. The number of imidazole rings is 1. The topological polar surface area (TPSA) is 53.5 Å². The standard InChI is InChI=1S/C21H21N3O2.ClH/c1-26-18-10-5-9-17(13-18)22-20(25)15-23-14-19(16-7-3-2-4-8-16)24-12-6-11-21(23)24;/h2-5,7-10,13-14H,6,11-12,15H2,1H3;1H. The maximum absolute atomic E-state index is 12.5. The number of hydrogen-bond donors (Lipinski definition) is 0. The molecule has 2 aromatic carbocycles. The molecule has 3 aromatic rings. The molecule has 0 bridgehead atoms. The predicted molar refractivity (Wildman–Crippen MR) is 106 cm³/mol. The van der Waals surface area contributed by atoms with Gasteiger partial charge in [0.1, 0.15) is 18.5 Å². The fourth-order valence-electron chi connectivity index (χ4n) is 3.49. The van der Waals surface area contributed by atoms with Gasteiger partial charge in [0.2, 0.25) is 0 Å². The lowest BCUT2D eigenvalue weighted by molar-refractivity contribution is -0.693. The number of aromatic nitrogens is 2. The number of methoxy groups -OCH3 is 1. The van der Waals surface area contributed by atoms with Crippen molar-refractivity contribution in [2.45, 2.75) is 25.9 Å². The monoisotopic (exact) mass is 383 g/mol. The second-order valence-electron chi connectivity index (χ2n) is 6.39. The van der Waals surface area contributed by atoms with Crippen LogP contribution in [-0.2, 0) is 19.5 Å². The molecule has 6 heteroatoms. The summed E-state index contributed by atoms with van der Waals surface area (Å²) < 4.78 is 9.54. The second-order valence-corrected chi connectivity index (χ2v) is 6.39. The molecule has 2 heterocycles. The molecule has 1 aliphatic heterocycles. The largest absolute Gasteiger partial charge is 0.859 e. The van der Waals surface area contributed by atoms with E-state index >= 15 is 0 Å². The summed E-state index contributed by atoms with van der Waals surface area (Å²) in [6, 6.07) is 17.6. The Hall–Kier alpha value is -2.79. The zero-order chi connectivity index (χ0) is 17.9. The summed E-state index contributed by atoms with van der Waals surface area (Å²) in [5.41, 5.74) is 2.95. The van der Waals surface area contributed by atoms with Crippen LogP contribution in [0.15, 0.2) is 65.8 Å². The van der Waals surface area contributed by atoms with Crippen molar-refractivity contribution in [3.63, 3.8) is 0 Å². The summed E-state index contributed by atoms with van der Waals surface area (Å²) in [6.45, 7) is 1.24. The highest BCUT2D eigenvalue weighted by atomic mass is 35.5. The van der Waals surface area contributed by atoms with Crippen LogP contribution in [0.2, 0.25) is 0 Å². The number of ether oxygens (including phenoxy) is 1. The molecule has 0 saturated carbocycles. The van der Waals surface area contributed by atoms with Crippen LogP contribution in [0.25, 0.3) is 11.3 Å². The van der Waals surface area contributed by atoms with Crippen LogP contribution in [0.5, 0.6) is 5.75 Å². The van der Waals surface area contributed by atoms with Crippen molar-refractivity contribution < 1.29 is 14.4 Å². The lowest BCUT2D eigenvalue weighted by Gasteiger charge is -2.09. The van der Waals surface area contributed by atoms with Crippen molar-refractivity contribution in [1.29, 1.82) is 0 Å². The number of rotatable bonds is 5. The van der Waals surface area contributed by atoms with Crippen LogP contribution in [-0.4, -0.2) is 17.6 Å². The van der Waals surface area contributed by atoms with E-state index in [1.807, 2.05) is 41.0 Å². The summed E-state index contributed by atoms with van der Waals surface area (Å²) in [6.07, 6.45) is 4.17. The minimum Gasteiger partial charge on any atom is -0.859 e. The number of aliphatic imine (C=N–C) groups is 1. The molecule has 0 radical (unpaired) electrons. The van der Waals surface area contributed by atoms with Crippen molar-refractivity contribution in [2.24, 2.45) is 4.99 Å². The third-order valence-electron chi connectivity index (χ3n) is 4.68. The Kier molecular flexibility index (Phi) is 5.81. The molecule has 1 aliphatic rings. The maximum Gasteiger partial charge on any atom is 0.257 e. The van der Waals surface area contributed by atoms with Crippen LogP contribution in [0, 0.1) is 0 Å². The zero-order valence-corrected chi connectivity index (χ0v) is 16.0. The van der Waals surface area contributed by atoms with Crippen molar-refractivity contribution >= 4 is 24.0 Å². The van der Waals surface area contributed by atoms with Gasteiger partial charge in [-0.1, -0.05) is 36.4 Å². The van der Waals surface area contributed by atoms with Crippen molar-refractivity contribution in [2.75, 3.05) is 7.11 Å². The normalized spacial score (nSPS) is 13.1. The van der Waals surface area contributed by atoms with Crippen molar-refractivity contribution in [1.82, 2.24) is 4.57 Å². The van der Waals surface area contributed by atoms with Gasteiger partial charge in [0.15, 0.2) is 5.69 Å². The minimum absolute atomic E-state index is 0. The summed E-state index contributed by atoms with van der Waals surface area (Å²) >= 11 is 0. The molecule has 27 heavy (non-hydrogen) atoms. The molecule has 1 aromatic heterocycles. The molecule has 0 aliphatic carbocycles. The van der Waals surface area contributed by atoms with E-state index in [2.05, 4.69) is 27.9 Å². The summed E-state index contributed by atoms with van der Waals surface area (Å²) in [4.78, 5) is 4.22. The quantitative estimate of drug-likeness (QED) is 0.386. The molecular formula is C21H22ClN3O2. The van der Waals surface area contributed by atoms with Gasteiger partial charge in [-0.3, -0.25) is 4.99 Å². The first-order chi connectivity index (χ1) is 12.7. The SMILES string of the molecule is COc1cccc(N=C([O-])C[n+]2cc(-c3ccccc3)n3c2CCC3)c1.Cl. The summed E-state index contributed by atoms with van der Waals surface area (Å²) in [5, 5.41) is 12.5. The Bertz CT molecular complexity index is 951. The summed E-state index contributed by atoms with van der Waals surface area (Å²) in [7, 11) is 1.60. The van der Waals surface area contributed by atoms with E-state index in [9.17, 15) is 5.11 Å². The molecule has 5 nitrogen and oxygen atoms in total. The maximum atomic E-state index is 12.5.